The van der Waals surface area contributed by atoms with Crippen LogP contribution in [-0.2, 0) is 4.12 Å². The van der Waals surface area contributed by atoms with Crippen LogP contribution in [0.3, 0.4) is 0 Å². The second-order valence-electron chi connectivity index (χ2n) is 4.37. The van der Waals surface area contributed by atoms with Gasteiger partial charge in [0.1, 0.15) is 0 Å². The van der Waals surface area contributed by atoms with Crippen molar-refractivity contribution in [3.05, 3.63) is 0 Å². The van der Waals surface area contributed by atoms with Crippen LogP contribution in [0, 0.1) is 0 Å². The van der Waals surface area contributed by atoms with Gasteiger partial charge in [-0.15, -0.1) is 0 Å². The zero-order chi connectivity index (χ0) is 9.83. The van der Waals surface area contributed by atoms with Crippen LogP contribution in [0.1, 0.15) is 19.8 Å². The lowest BCUT2D eigenvalue weighted by Gasteiger charge is -2.38. The standard InChI is InChI=1S/C8H21O2Si2/c1-6-7-8-11(2,3)10-12(4,5)9/h6-8H2,1-5H3/q-1. The predicted octanol–water partition coefficient (Wildman–Crippen LogP) is 2.07. The molecule has 0 aliphatic heterocycles. The molecule has 2 nitrogen and oxygen atoms in total. The van der Waals surface area contributed by atoms with Gasteiger partial charge in [-0.2, -0.15) is 0 Å². The van der Waals surface area contributed by atoms with Crippen molar-refractivity contribution < 1.29 is 8.91 Å². The molecule has 0 atom stereocenters. The SMILES string of the molecule is CCCC[Si](C)(C)O[Si](C)(C)[O-]. The fourth-order valence-electron chi connectivity index (χ4n) is 1.32. The Morgan fingerprint density at radius 2 is 1.67 bits per heavy atom. The first-order valence-corrected chi connectivity index (χ1v) is 10.6. The Morgan fingerprint density at radius 3 is 2.00 bits per heavy atom. The summed E-state index contributed by atoms with van der Waals surface area (Å²) in [5, 5.41) is 0. The maximum absolute atomic E-state index is 11.4. The summed E-state index contributed by atoms with van der Waals surface area (Å²) in [5.41, 5.74) is 0. The van der Waals surface area contributed by atoms with Gasteiger partial charge in [-0.1, -0.05) is 32.9 Å². The Morgan fingerprint density at radius 1 is 1.17 bits per heavy atom. The van der Waals surface area contributed by atoms with Gasteiger partial charge in [-0.25, -0.2) is 0 Å². The maximum Gasteiger partial charge on any atom is 0.172 e. The highest BCUT2D eigenvalue weighted by molar-refractivity contribution is 6.81. The third kappa shape index (κ3) is 7.03. The first-order valence-electron chi connectivity index (χ1n) is 4.67. The van der Waals surface area contributed by atoms with Gasteiger partial charge in [0.15, 0.2) is 8.32 Å². The van der Waals surface area contributed by atoms with E-state index in [0.717, 1.165) is 6.04 Å². The lowest BCUT2D eigenvalue weighted by molar-refractivity contribution is -0.227. The number of unbranched alkanes of at least 4 members (excludes halogenated alkanes) is 1. The van der Waals surface area contributed by atoms with Crippen molar-refractivity contribution in [2.75, 3.05) is 0 Å². The summed E-state index contributed by atoms with van der Waals surface area (Å²) in [7, 11) is -4.14. The highest BCUT2D eigenvalue weighted by Gasteiger charge is 2.24. The second kappa shape index (κ2) is 4.55. The summed E-state index contributed by atoms with van der Waals surface area (Å²) in [6, 6.07) is 1.13. The van der Waals surface area contributed by atoms with E-state index in [-0.39, 0.29) is 0 Å². The minimum Gasteiger partial charge on any atom is -0.839 e. The number of rotatable bonds is 5. The normalized spacial score (nSPS) is 13.5. The van der Waals surface area contributed by atoms with Crippen molar-refractivity contribution in [2.24, 2.45) is 0 Å². The van der Waals surface area contributed by atoms with Crippen molar-refractivity contribution in [3.8, 4) is 0 Å². The van der Waals surface area contributed by atoms with Crippen molar-refractivity contribution in [1.29, 1.82) is 0 Å². The molecule has 0 spiro atoms. The Bertz CT molecular complexity index is 130. The summed E-state index contributed by atoms with van der Waals surface area (Å²) in [5.74, 6) is 0. The third-order valence-corrected chi connectivity index (χ3v) is 7.39. The van der Waals surface area contributed by atoms with E-state index in [1.54, 1.807) is 13.1 Å². The lowest BCUT2D eigenvalue weighted by atomic mass is 10.4. The molecule has 0 saturated heterocycles. The van der Waals surface area contributed by atoms with E-state index in [2.05, 4.69) is 20.0 Å². The molecule has 0 saturated carbocycles. The topological polar surface area (TPSA) is 32.3 Å². The molecule has 0 aliphatic rings. The molecular weight excluding hydrogens is 184 g/mol. The smallest absolute Gasteiger partial charge is 0.172 e. The minimum absolute atomic E-state index is 1.13. The van der Waals surface area contributed by atoms with Crippen LogP contribution >= 0.6 is 0 Å². The van der Waals surface area contributed by atoms with Crippen LogP contribution in [0.2, 0.25) is 32.2 Å². The highest BCUT2D eigenvalue weighted by Crippen LogP contribution is 2.17. The Labute approximate surface area is 78.3 Å². The zero-order valence-corrected chi connectivity index (χ0v) is 10.9. The molecule has 0 N–H and O–H groups in total. The maximum atomic E-state index is 11.4. The lowest BCUT2D eigenvalue weighted by Crippen LogP contribution is -2.53. The van der Waals surface area contributed by atoms with Crippen LogP contribution in [0.15, 0.2) is 0 Å². The Hall–Kier alpha value is 0.354. The van der Waals surface area contributed by atoms with E-state index >= 15 is 0 Å². The molecule has 0 aromatic heterocycles. The third-order valence-electron chi connectivity index (χ3n) is 1.65. The highest BCUT2D eigenvalue weighted by atomic mass is 28.4. The molecule has 0 aromatic carbocycles. The van der Waals surface area contributed by atoms with Gasteiger partial charge >= 0.3 is 0 Å². The van der Waals surface area contributed by atoms with E-state index in [1.165, 1.54) is 12.8 Å². The molecule has 4 heteroatoms. The van der Waals surface area contributed by atoms with Crippen LogP contribution < -0.4 is 4.80 Å². The molecule has 0 aliphatic carbocycles. The van der Waals surface area contributed by atoms with Gasteiger partial charge in [-0.05, 0) is 19.1 Å². The summed E-state index contributed by atoms with van der Waals surface area (Å²) >= 11 is 0. The Kier molecular flexibility index (Phi) is 4.69. The predicted molar refractivity (Wildman–Crippen MR) is 55.8 cm³/mol. The van der Waals surface area contributed by atoms with Crippen molar-refractivity contribution in [1.82, 2.24) is 0 Å². The molecule has 0 bridgehead atoms. The van der Waals surface area contributed by atoms with E-state index in [9.17, 15) is 4.80 Å². The molecule has 0 rings (SSSR count). The fourth-order valence-corrected chi connectivity index (χ4v) is 8.26. The molecule has 0 amide bonds. The van der Waals surface area contributed by atoms with Crippen LogP contribution in [0.25, 0.3) is 0 Å². The van der Waals surface area contributed by atoms with Gasteiger partial charge in [-0.3, -0.25) is 0 Å². The van der Waals surface area contributed by atoms with Crippen molar-refractivity contribution >= 4 is 16.9 Å². The average Bonchev–Trinajstić information content (AvgIpc) is 1.78. The molecule has 0 unspecified atom stereocenters. The van der Waals surface area contributed by atoms with Crippen LogP contribution in [-0.4, -0.2) is 16.9 Å². The van der Waals surface area contributed by atoms with Crippen LogP contribution in [0.4, 0.5) is 0 Å². The fraction of sp³-hybridized carbons (Fsp3) is 1.00. The van der Waals surface area contributed by atoms with Gasteiger partial charge in [0.25, 0.3) is 0 Å². The molecule has 0 aromatic rings. The van der Waals surface area contributed by atoms with E-state index in [0.29, 0.717) is 0 Å². The largest absolute Gasteiger partial charge is 0.839 e. The van der Waals surface area contributed by atoms with Crippen LogP contribution in [0.5, 0.6) is 0 Å². The zero-order valence-electron chi connectivity index (χ0n) is 8.94. The monoisotopic (exact) mass is 205 g/mol. The first-order chi connectivity index (χ1) is 5.27. The van der Waals surface area contributed by atoms with Gasteiger partial charge in [0.2, 0.25) is 0 Å². The molecule has 12 heavy (non-hydrogen) atoms. The van der Waals surface area contributed by atoms with E-state index in [4.69, 9.17) is 4.12 Å². The number of hydrogen-bond donors (Lipinski definition) is 0. The molecular formula is C8H21O2Si2-. The van der Waals surface area contributed by atoms with Gasteiger partial charge in [0.05, 0.1) is 8.56 Å². The van der Waals surface area contributed by atoms with Crippen molar-refractivity contribution in [2.45, 2.75) is 52.0 Å². The van der Waals surface area contributed by atoms with Crippen molar-refractivity contribution in [3.63, 3.8) is 0 Å². The Balaban J connectivity index is 3.86. The average molecular weight is 205 g/mol. The summed E-state index contributed by atoms with van der Waals surface area (Å²) in [6.45, 7) is 9.93. The molecule has 0 heterocycles. The minimum atomic E-state index is -2.53. The number of hydrogen-bond acceptors (Lipinski definition) is 2. The quantitative estimate of drug-likeness (QED) is 0.644. The summed E-state index contributed by atoms with van der Waals surface area (Å²) in [6.07, 6.45) is 2.39. The van der Waals surface area contributed by atoms with Gasteiger partial charge in [0, 0.05) is 0 Å². The molecule has 0 radical (unpaired) electrons. The van der Waals surface area contributed by atoms with Gasteiger partial charge < -0.3 is 8.91 Å². The second-order valence-corrected chi connectivity index (χ2v) is 12.0. The first kappa shape index (κ1) is 12.4. The summed E-state index contributed by atoms with van der Waals surface area (Å²) in [4.78, 5) is 11.4. The molecule has 0 fully saturated rings. The van der Waals surface area contributed by atoms with E-state index in [1.807, 2.05) is 0 Å². The molecule has 74 valence electrons. The van der Waals surface area contributed by atoms with E-state index < -0.39 is 16.9 Å². The summed E-state index contributed by atoms with van der Waals surface area (Å²) < 4.78 is 5.65.